The van der Waals surface area contributed by atoms with Crippen LogP contribution in [-0.4, -0.2) is 66.2 Å². The molecule has 0 N–H and O–H groups in total. The average Bonchev–Trinajstić information content (AvgIpc) is 3.08. The summed E-state index contributed by atoms with van der Waals surface area (Å²) in [6, 6.07) is 5.27. The normalized spacial score (nSPS) is 15.6. The molecule has 1 aliphatic rings. The number of hydrogen-bond acceptors (Lipinski definition) is 7. The zero-order chi connectivity index (χ0) is 19.4. The average molecular weight is 374 g/mol. The van der Waals surface area contributed by atoms with Crippen LogP contribution in [0.1, 0.15) is 34.9 Å². The van der Waals surface area contributed by atoms with Crippen LogP contribution in [0.25, 0.3) is 0 Å². The molecular formula is C19H26N4O4. The van der Waals surface area contributed by atoms with E-state index in [1.807, 2.05) is 0 Å². The van der Waals surface area contributed by atoms with E-state index >= 15 is 0 Å². The van der Waals surface area contributed by atoms with Gasteiger partial charge in [-0.1, -0.05) is 5.16 Å². The summed E-state index contributed by atoms with van der Waals surface area (Å²) in [5.74, 6) is 2.01. The van der Waals surface area contributed by atoms with Crippen molar-refractivity contribution in [3.05, 3.63) is 35.5 Å². The van der Waals surface area contributed by atoms with Crippen LogP contribution in [0.15, 0.2) is 22.7 Å². The third-order valence-electron chi connectivity index (χ3n) is 4.66. The summed E-state index contributed by atoms with van der Waals surface area (Å²) in [7, 11) is 5.39. The minimum atomic E-state index is -0.157. The SMILES string of the molecule is COc1cc(C(=O)N(C)Cc2nc(C)no2)ccc1OC1CCN(C)CC1. The monoisotopic (exact) mass is 374 g/mol. The van der Waals surface area contributed by atoms with Gasteiger partial charge in [-0.25, -0.2) is 0 Å². The third-order valence-corrected chi connectivity index (χ3v) is 4.66. The van der Waals surface area contributed by atoms with Crippen LogP contribution in [0.4, 0.5) is 0 Å². The lowest BCUT2D eigenvalue weighted by Gasteiger charge is -2.29. The summed E-state index contributed by atoms with van der Waals surface area (Å²) in [5.41, 5.74) is 0.515. The van der Waals surface area contributed by atoms with E-state index in [0.717, 1.165) is 25.9 Å². The maximum absolute atomic E-state index is 12.7. The number of amides is 1. The summed E-state index contributed by atoms with van der Waals surface area (Å²) in [5, 5.41) is 3.74. The van der Waals surface area contributed by atoms with E-state index in [2.05, 4.69) is 22.1 Å². The molecule has 1 saturated heterocycles. The molecular weight excluding hydrogens is 348 g/mol. The molecule has 0 atom stereocenters. The number of hydrogen-bond donors (Lipinski definition) is 0. The third kappa shape index (κ3) is 4.77. The summed E-state index contributed by atoms with van der Waals surface area (Å²) in [6.07, 6.45) is 2.12. The number of nitrogens with zero attached hydrogens (tertiary/aromatic N) is 4. The number of rotatable bonds is 6. The molecule has 1 aliphatic heterocycles. The fourth-order valence-corrected chi connectivity index (χ4v) is 3.08. The van der Waals surface area contributed by atoms with E-state index in [9.17, 15) is 4.79 Å². The van der Waals surface area contributed by atoms with Crippen molar-refractivity contribution in [3.8, 4) is 11.5 Å². The molecule has 0 bridgehead atoms. The van der Waals surface area contributed by atoms with E-state index in [4.69, 9.17) is 14.0 Å². The highest BCUT2D eigenvalue weighted by Gasteiger charge is 2.21. The summed E-state index contributed by atoms with van der Waals surface area (Å²) in [4.78, 5) is 20.6. The highest BCUT2D eigenvalue weighted by molar-refractivity contribution is 5.94. The van der Waals surface area contributed by atoms with Crippen molar-refractivity contribution >= 4 is 5.91 Å². The molecule has 8 nitrogen and oxygen atoms in total. The van der Waals surface area contributed by atoms with Gasteiger partial charge < -0.3 is 23.8 Å². The van der Waals surface area contributed by atoms with Gasteiger partial charge in [0.15, 0.2) is 17.3 Å². The molecule has 1 aromatic heterocycles. The molecule has 27 heavy (non-hydrogen) atoms. The maximum Gasteiger partial charge on any atom is 0.254 e. The Morgan fingerprint density at radius 1 is 1.33 bits per heavy atom. The van der Waals surface area contributed by atoms with Crippen LogP contribution in [0, 0.1) is 6.92 Å². The fraction of sp³-hybridized carbons (Fsp3) is 0.526. The second-order valence-electron chi connectivity index (χ2n) is 6.88. The van der Waals surface area contributed by atoms with E-state index in [1.54, 1.807) is 39.3 Å². The Morgan fingerprint density at radius 3 is 2.70 bits per heavy atom. The second kappa shape index (κ2) is 8.39. The molecule has 1 aromatic carbocycles. The molecule has 0 aliphatic carbocycles. The van der Waals surface area contributed by atoms with E-state index in [1.165, 1.54) is 4.90 Å². The quantitative estimate of drug-likeness (QED) is 0.766. The molecule has 2 heterocycles. The van der Waals surface area contributed by atoms with E-state index < -0.39 is 0 Å². The first kappa shape index (κ1) is 19.2. The van der Waals surface area contributed by atoms with Crippen LogP contribution in [-0.2, 0) is 6.54 Å². The largest absolute Gasteiger partial charge is 0.493 e. The van der Waals surface area contributed by atoms with Crippen molar-refractivity contribution in [2.45, 2.75) is 32.4 Å². The van der Waals surface area contributed by atoms with Crippen LogP contribution in [0.2, 0.25) is 0 Å². The van der Waals surface area contributed by atoms with Crippen LogP contribution >= 0.6 is 0 Å². The van der Waals surface area contributed by atoms with Gasteiger partial charge in [-0.15, -0.1) is 0 Å². The number of carbonyl (C=O) groups is 1. The number of aromatic nitrogens is 2. The van der Waals surface area contributed by atoms with Gasteiger partial charge in [0.1, 0.15) is 6.10 Å². The molecule has 0 spiro atoms. The lowest BCUT2D eigenvalue weighted by molar-refractivity contribution is 0.0769. The van der Waals surface area contributed by atoms with Crippen molar-refractivity contribution in [2.75, 3.05) is 34.3 Å². The molecule has 1 amide bonds. The lowest BCUT2D eigenvalue weighted by atomic mass is 10.1. The Labute approximate surface area is 159 Å². The van der Waals surface area contributed by atoms with Gasteiger partial charge in [0, 0.05) is 25.7 Å². The Balaban J connectivity index is 1.68. The zero-order valence-electron chi connectivity index (χ0n) is 16.3. The van der Waals surface area contributed by atoms with Crippen molar-refractivity contribution in [2.24, 2.45) is 0 Å². The van der Waals surface area contributed by atoms with Gasteiger partial charge in [0.2, 0.25) is 5.89 Å². The standard InChI is InChI=1S/C19H26N4O4/c1-13-20-18(27-21-13)12-23(3)19(24)14-5-6-16(17(11-14)25-4)26-15-7-9-22(2)10-8-15/h5-6,11,15H,7-10,12H2,1-4H3. The molecule has 0 unspecified atom stereocenters. The van der Waals surface area contributed by atoms with Gasteiger partial charge in [-0.05, 0) is 45.0 Å². The summed E-state index contributed by atoms with van der Waals surface area (Å²) < 4.78 is 16.6. The predicted molar refractivity (Wildman–Crippen MR) is 99.0 cm³/mol. The number of carbonyl (C=O) groups excluding carboxylic acids is 1. The predicted octanol–water partition coefficient (Wildman–Crippen LogP) is 2.13. The Kier molecular flexibility index (Phi) is 5.95. The topological polar surface area (TPSA) is 80.9 Å². The molecule has 8 heteroatoms. The molecule has 1 fully saturated rings. The van der Waals surface area contributed by atoms with E-state index in [0.29, 0.717) is 28.8 Å². The lowest BCUT2D eigenvalue weighted by Crippen LogP contribution is -2.35. The summed E-state index contributed by atoms with van der Waals surface area (Å²) in [6.45, 7) is 4.02. The van der Waals surface area contributed by atoms with Crippen LogP contribution in [0.3, 0.4) is 0 Å². The van der Waals surface area contributed by atoms with E-state index in [-0.39, 0.29) is 18.6 Å². The number of ether oxygens (including phenoxy) is 2. The van der Waals surface area contributed by atoms with Gasteiger partial charge >= 0.3 is 0 Å². The van der Waals surface area contributed by atoms with Crippen molar-refractivity contribution in [1.82, 2.24) is 19.9 Å². The maximum atomic E-state index is 12.7. The Morgan fingerprint density at radius 2 is 2.07 bits per heavy atom. The molecule has 2 aromatic rings. The Hall–Kier alpha value is -2.61. The molecule has 3 rings (SSSR count). The molecule has 146 valence electrons. The fourth-order valence-electron chi connectivity index (χ4n) is 3.08. The smallest absolute Gasteiger partial charge is 0.254 e. The second-order valence-corrected chi connectivity index (χ2v) is 6.88. The van der Waals surface area contributed by atoms with Crippen molar-refractivity contribution in [3.63, 3.8) is 0 Å². The highest BCUT2D eigenvalue weighted by atomic mass is 16.5. The van der Waals surface area contributed by atoms with Gasteiger partial charge in [-0.2, -0.15) is 4.98 Å². The highest BCUT2D eigenvalue weighted by Crippen LogP contribution is 2.31. The number of piperidine rings is 1. The summed E-state index contributed by atoms with van der Waals surface area (Å²) >= 11 is 0. The van der Waals surface area contributed by atoms with Crippen molar-refractivity contribution < 1.29 is 18.8 Å². The van der Waals surface area contributed by atoms with Crippen molar-refractivity contribution in [1.29, 1.82) is 0 Å². The first-order valence-electron chi connectivity index (χ1n) is 9.04. The van der Waals surface area contributed by atoms with Crippen LogP contribution < -0.4 is 9.47 Å². The van der Waals surface area contributed by atoms with Gasteiger partial charge in [-0.3, -0.25) is 4.79 Å². The number of benzene rings is 1. The van der Waals surface area contributed by atoms with Gasteiger partial charge in [0.05, 0.1) is 13.7 Å². The Bertz CT molecular complexity index is 784. The number of likely N-dealkylation sites (tertiary alicyclic amines) is 1. The van der Waals surface area contributed by atoms with Gasteiger partial charge in [0.25, 0.3) is 5.91 Å². The minimum Gasteiger partial charge on any atom is -0.493 e. The minimum absolute atomic E-state index is 0.157. The first-order valence-corrected chi connectivity index (χ1v) is 9.04. The molecule has 0 radical (unpaired) electrons. The molecule has 0 saturated carbocycles. The first-order chi connectivity index (χ1) is 13.0. The van der Waals surface area contributed by atoms with Crippen LogP contribution in [0.5, 0.6) is 11.5 Å². The zero-order valence-corrected chi connectivity index (χ0v) is 16.3. The number of methoxy groups -OCH3 is 1. The number of aryl methyl sites for hydroxylation is 1.